The van der Waals surface area contributed by atoms with Crippen LogP contribution in [-0.4, -0.2) is 20.5 Å². The van der Waals surface area contributed by atoms with Crippen molar-refractivity contribution in [2.45, 2.75) is 19.1 Å². The summed E-state index contributed by atoms with van der Waals surface area (Å²) in [5.41, 5.74) is 7.13. The number of rotatable bonds is 5. The van der Waals surface area contributed by atoms with E-state index in [0.29, 0.717) is 0 Å². The van der Waals surface area contributed by atoms with Gasteiger partial charge in [0.25, 0.3) is 0 Å². The van der Waals surface area contributed by atoms with Crippen LogP contribution in [0.3, 0.4) is 0 Å². The SMILES string of the molecule is Cc1cc(C)c2cccc([CH2][Al][O]c3cccc(-c4ccccc4)c3)c2n1. The molecule has 0 bridgehead atoms. The second-order valence-corrected chi connectivity index (χ2v) is 7.75. The number of aromatic nitrogens is 1. The molecule has 1 radical (unpaired) electrons. The molecule has 3 heteroatoms. The van der Waals surface area contributed by atoms with Crippen LogP contribution in [0.2, 0.25) is 0 Å². The lowest BCUT2D eigenvalue weighted by molar-refractivity contribution is 0.592. The van der Waals surface area contributed by atoms with Crippen LogP contribution in [-0.2, 0) is 5.28 Å². The van der Waals surface area contributed by atoms with Crippen LogP contribution in [0.15, 0.2) is 78.9 Å². The number of benzene rings is 3. The summed E-state index contributed by atoms with van der Waals surface area (Å²) in [6.07, 6.45) is 0. The van der Waals surface area contributed by atoms with Gasteiger partial charge in [-0.3, -0.25) is 4.98 Å². The van der Waals surface area contributed by atoms with Crippen LogP contribution in [0.25, 0.3) is 22.0 Å². The Kier molecular flexibility index (Phi) is 5.25. The highest BCUT2D eigenvalue weighted by Crippen LogP contribution is 2.24. The van der Waals surface area contributed by atoms with E-state index in [1.165, 1.54) is 27.6 Å². The molecule has 0 aliphatic heterocycles. The predicted molar refractivity (Wildman–Crippen MR) is 113 cm³/mol. The van der Waals surface area contributed by atoms with E-state index in [0.717, 1.165) is 22.2 Å². The van der Waals surface area contributed by atoms with Crippen molar-refractivity contribution in [1.82, 2.24) is 4.98 Å². The predicted octanol–water partition coefficient (Wildman–Crippen LogP) is 5.72. The maximum atomic E-state index is 6.14. The smallest absolute Gasteiger partial charge is 0.528 e. The fourth-order valence-corrected chi connectivity index (χ4v) is 4.34. The topological polar surface area (TPSA) is 22.1 Å². The monoisotopic (exact) mass is 366 g/mol. The van der Waals surface area contributed by atoms with Crippen LogP contribution in [0.4, 0.5) is 0 Å². The Hall–Kier alpha value is -2.60. The summed E-state index contributed by atoms with van der Waals surface area (Å²) in [5, 5.41) is 2.16. The first-order valence-corrected chi connectivity index (χ1v) is 10.5. The van der Waals surface area contributed by atoms with Gasteiger partial charge in [0, 0.05) is 11.1 Å². The van der Waals surface area contributed by atoms with E-state index in [2.05, 4.69) is 80.6 Å². The second-order valence-electron chi connectivity index (χ2n) is 6.78. The van der Waals surface area contributed by atoms with E-state index in [1.807, 2.05) is 12.1 Å². The lowest BCUT2D eigenvalue weighted by atomic mass is 10.1. The first kappa shape index (κ1) is 17.8. The van der Waals surface area contributed by atoms with Gasteiger partial charge in [-0.15, -0.1) is 0 Å². The summed E-state index contributed by atoms with van der Waals surface area (Å²) in [4.78, 5) is 4.77. The molecule has 4 rings (SSSR count). The molecular weight excluding hydrogens is 345 g/mol. The van der Waals surface area contributed by atoms with Gasteiger partial charge in [-0.25, -0.2) is 0 Å². The molecule has 0 N–H and O–H groups in total. The minimum atomic E-state index is -0.188. The number of para-hydroxylation sites is 1. The summed E-state index contributed by atoms with van der Waals surface area (Å²) < 4.78 is 6.14. The molecule has 0 amide bonds. The van der Waals surface area contributed by atoms with E-state index in [1.54, 1.807) is 0 Å². The first-order valence-electron chi connectivity index (χ1n) is 9.20. The van der Waals surface area contributed by atoms with Crippen LogP contribution >= 0.6 is 0 Å². The molecule has 1 heterocycles. The van der Waals surface area contributed by atoms with Gasteiger partial charge in [0.05, 0.1) is 11.3 Å². The lowest BCUT2D eigenvalue weighted by Crippen LogP contribution is -2.07. The molecule has 1 aromatic heterocycles. The third-order valence-corrected chi connectivity index (χ3v) is 5.77. The number of nitrogens with zero attached hydrogens (tertiary/aromatic N) is 1. The second kappa shape index (κ2) is 7.96. The van der Waals surface area contributed by atoms with Crippen molar-refractivity contribution in [3.05, 3.63) is 95.7 Å². The highest BCUT2D eigenvalue weighted by atomic mass is 27.1. The Morgan fingerprint density at radius 2 is 1.59 bits per heavy atom. The van der Waals surface area contributed by atoms with Crippen molar-refractivity contribution < 1.29 is 3.79 Å². The molecule has 3 aromatic carbocycles. The normalized spacial score (nSPS) is 10.7. The zero-order chi connectivity index (χ0) is 18.6. The number of aryl methyl sites for hydroxylation is 2. The van der Waals surface area contributed by atoms with Gasteiger partial charge in [0.15, 0.2) is 0 Å². The summed E-state index contributed by atoms with van der Waals surface area (Å²) in [7, 11) is 0. The highest BCUT2D eigenvalue weighted by Gasteiger charge is 2.09. The van der Waals surface area contributed by atoms with E-state index in [4.69, 9.17) is 8.77 Å². The lowest BCUT2D eigenvalue weighted by Gasteiger charge is -2.11. The van der Waals surface area contributed by atoms with Crippen molar-refractivity contribution >= 4 is 26.5 Å². The van der Waals surface area contributed by atoms with Gasteiger partial charge in [-0.05, 0) is 59.6 Å². The molecule has 0 fully saturated rings. The zero-order valence-corrected chi connectivity index (χ0v) is 16.8. The van der Waals surface area contributed by atoms with Crippen LogP contribution in [0.5, 0.6) is 5.75 Å². The molecule has 0 aliphatic carbocycles. The van der Waals surface area contributed by atoms with E-state index >= 15 is 0 Å². The highest BCUT2D eigenvalue weighted by molar-refractivity contribution is 6.28. The zero-order valence-electron chi connectivity index (χ0n) is 15.6. The van der Waals surface area contributed by atoms with E-state index in [-0.39, 0.29) is 15.6 Å². The van der Waals surface area contributed by atoms with Crippen molar-refractivity contribution in [3.8, 4) is 16.9 Å². The number of pyridine rings is 1. The third-order valence-electron chi connectivity index (χ3n) is 4.72. The average molecular weight is 366 g/mol. The molecular formula is C24H21AlNO. The molecule has 0 spiro atoms. The third kappa shape index (κ3) is 4.06. The molecule has 0 unspecified atom stereocenters. The van der Waals surface area contributed by atoms with Gasteiger partial charge < -0.3 is 3.79 Å². The molecule has 2 nitrogen and oxygen atoms in total. The van der Waals surface area contributed by atoms with E-state index in [9.17, 15) is 0 Å². The quantitative estimate of drug-likeness (QED) is 0.422. The minimum absolute atomic E-state index is 0.188. The average Bonchev–Trinajstić information content (AvgIpc) is 2.69. The fraction of sp³-hybridized carbons (Fsp3) is 0.125. The largest absolute Gasteiger partial charge is 0.648 e. The molecule has 4 aromatic rings. The summed E-state index contributed by atoms with van der Waals surface area (Å²) >= 11 is -0.188. The molecule has 0 saturated carbocycles. The van der Waals surface area contributed by atoms with Crippen molar-refractivity contribution in [1.29, 1.82) is 0 Å². The van der Waals surface area contributed by atoms with Gasteiger partial charge >= 0.3 is 15.6 Å². The molecule has 0 saturated heterocycles. The summed E-state index contributed by atoms with van der Waals surface area (Å²) in [5.74, 6) is 0.937. The molecule has 131 valence electrons. The summed E-state index contributed by atoms with van der Waals surface area (Å²) in [6, 6.07) is 27.3. The molecule has 27 heavy (non-hydrogen) atoms. The van der Waals surface area contributed by atoms with Crippen LogP contribution in [0, 0.1) is 13.8 Å². The standard InChI is InChI=1S/C12H12N.C12H10O.Al/c1-8-5-4-6-11-9(2)7-10(3)13-12(8)11;13-12-8-4-7-11(9-12)10-5-2-1-3-6-10;/h4-7H,1H2,2-3H3;1-9,13H;/q;;+1/p-1. The van der Waals surface area contributed by atoms with Crippen molar-refractivity contribution in [2.75, 3.05) is 0 Å². The maximum Gasteiger partial charge on any atom is 0.528 e. The fourth-order valence-electron chi connectivity index (χ4n) is 3.41. The molecule has 0 atom stereocenters. The molecule has 0 aliphatic rings. The van der Waals surface area contributed by atoms with Crippen molar-refractivity contribution in [3.63, 3.8) is 0 Å². The van der Waals surface area contributed by atoms with Gasteiger partial charge in [0.1, 0.15) is 0 Å². The van der Waals surface area contributed by atoms with Gasteiger partial charge in [0.2, 0.25) is 0 Å². The Balaban J connectivity index is 1.50. The van der Waals surface area contributed by atoms with E-state index < -0.39 is 0 Å². The van der Waals surface area contributed by atoms with Crippen LogP contribution in [0.1, 0.15) is 16.8 Å². The van der Waals surface area contributed by atoms with Crippen LogP contribution < -0.4 is 3.79 Å². The first-order chi connectivity index (χ1) is 13.2. The van der Waals surface area contributed by atoms with Gasteiger partial charge in [-0.2, -0.15) is 0 Å². The Morgan fingerprint density at radius 1 is 0.815 bits per heavy atom. The van der Waals surface area contributed by atoms with Crippen molar-refractivity contribution in [2.24, 2.45) is 0 Å². The Labute approximate surface area is 166 Å². The maximum absolute atomic E-state index is 6.14. The Bertz CT molecular complexity index is 1080. The number of fused-ring (bicyclic) bond motifs is 1. The Morgan fingerprint density at radius 3 is 2.44 bits per heavy atom. The summed E-state index contributed by atoms with van der Waals surface area (Å²) in [6.45, 7) is 4.21. The minimum Gasteiger partial charge on any atom is -0.648 e. The number of hydrogen-bond acceptors (Lipinski definition) is 2. The number of hydrogen-bond donors (Lipinski definition) is 0. The van der Waals surface area contributed by atoms with Gasteiger partial charge in [-0.1, -0.05) is 60.7 Å².